The first-order valence-corrected chi connectivity index (χ1v) is 3.16. The predicted molar refractivity (Wildman–Crippen MR) is 31.0 cm³/mol. The molecule has 0 heterocycles. The lowest BCUT2D eigenvalue weighted by atomic mass is 10.3. The minimum Gasteiger partial charge on any atom is -0.191 e. The average Bonchev–Trinajstić information content (AvgIpc) is 1.80. The van der Waals surface area contributed by atoms with Gasteiger partial charge in [-0.3, -0.25) is 0 Å². The van der Waals surface area contributed by atoms with Gasteiger partial charge in [0.25, 0.3) is 0 Å². The van der Waals surface area contributed by atoms with E-state index in [1.165, 1.54) is 0 Å². The number of alkyl halides is 8. The lowest BCUT2D eigenvalue weighted by molar-refractivity contribution is -0.260. The first-order valence-electron chi connectivity index (χ1n) is 2.78. The summed E-state index contributed by atoms with van der Waals surface area (Å²) >= 11 is 4.20. The predicted octanol–water partition coefficient (Wildman–Crippen LogP) is 3.87. The van der Waals surface area contributed by atoms with Gasteiger partial charge in [-0.05, 0) is 0 Å². The van der Waals surface area contributed by atoms with Gasteiger partial charge in [-0.1, -0.05) is 11.6 Å². The van der Waals surface area contributed by atoms with Crippen molar-refractivity contribution in [2.45, 2.75) is 18.3 Å². The number of hydrogen-bond acceptors (Lipinski definition) is 0. The number of rotatable bonds is 1. The van der Waals surface area contributed by atoms with Crippen LogP contribution in [-0.4, -0.2) is 18.3 Å². The highest BCUT2D eigenvalue weighted by atomic mass is 35.5. The zero-order valence-corrected chi connectivity index (χ0v) is 6.73. The Balaban J connectivity index is 5.00. The van der Waals surface area contributed by atoms with Gasteiger partial charge in [-0.15, -0.1) is 0 Å². The third-order valence-electron chi connectivity index (χ3n) is 0.957. The Labute approximate surface area is 77.1 Å². The SMILES string of the molecule is FC(F)(F)/C(Cl)=C/C(F)(F)C(F)(F)F. The van der Waals surface area contributed by atoms with Crippen LogP contribution in [0.2, 0.25) is 0 Å². The molecule has 0 rings (SSSR count). The highest BCUT2D eigenvalue weighted by Gasteiger charge is 2.57. The van der Waals surface area contributed by atoms with Crippen LogP contribution < -0.4 is 0 Å². The maximum Gasteiger partial charge on any atom is 0.457 e. The number of halogens is 9. The molecule has 0 aliphatic rings. The topological polar surface area (TPSA) is 0 Å². The van der Waals surface area contributed by atoms with Crippen LogP contribution >= 0.6 is 11.6 Å². The van der Waals surface area contributed by atoms with Gasteiger partial charge in [0, 0.05) is 6.08 Å². The average molecular weight is 248 g/mol. The van der Waals surface area contributed by atoms with Crippen molar-refractivity contribution in [3.05, 3.63) is 11.1 Å². The summed E-state index contributed by atoms with van der Waals surface area (Å²) in [6.07, 6.45) is -12.9. The lowest BCUT2D eigenvalue weighted by Crippen LogP contribution is -2.35. The molecule has 0 N–H and O–H groups in total. The molecule has 0 aliphatic heterocycles. The summed E-state index contributed by atoms with van der Waals surface area (Å²) in [5, 5.41) is -2.51. The van der Waals surface area contributed by atoms with E-state index in [1.807, 2.05) is 0 Å². The Morgan fingerprint density at radius 2 is 1.21 bits per heavy atom. The van der Waals surface area contributed by atoms with E-state index in [1.54, 1.807) is 0 Å². The maximum atomic E-state index is 11.9. The summed E-state index contributed by atoms with van der Waals surface area (Å²) in [4.78, 5) is 0. The highest BCUT2D eigenvalue weighted by molar-refractivity contribution is 6.30. The van der Waals surface area contributed by atoms with Crippen molar-refractivity contribution in [2.75, 3.05) is 0 Å². The molecule has 0 aromatic heterocycles. The van der Waals surface area contributed by atoms with Crippen LogP contribution in [0.15, 0.2) is 11.1 Å². The second-order valence-corrected chi connectivity index (χ2v) is 2.52. The van der Waals surface area contributed by atoms with Gasteiger partial charge < -0.3 is 0 Å². The zero-order valence-electron chi connectivity index (χ0n) is 5.98. The Kier molecular flexibility index (Phi) is 3.42. The molecule has 14 heavy (non-hydrogen) atoms. The first kappa shape index (κ1) is 13.5. The molecule has 0 radical (unpaired) electrons. The Morgan fingerprint density at radius 1 is 0.857 bits per heavy atom. The lowest BCUT2D eigenvalue weighted by Gasteiger charge is -2.16. The van der Waals surface area contributed by atoms with Gasteiger partial charge >= 0.3 is 18.3 Å². The van der Waals surface area contributed by atoms with Gasteiger partial charge in [0.15, 0.2) is 0 Å². The fraction of sp³-hybridized carbons (Fsp3) is 0.600. The second-order valence-electron chi connectivity index (χ2n) is 2.11. The molecule has 0 nitrogen and oxygen atoms in total. The Bertz CT molecular complexity index is 233. The van der Waals surface area contributed by atoms with E-state index in [4.69, 9.17) is 0 Å². The third kappa shape index (κ3) is 3.32. The molecule has 0 amide bonds. The largest absolute Gasteiger partial charge is 0.457 e. The fourth-order valence-corrected chi connectivity index (χ4v) is 0.460. The molecule has 9 heteroatoms. The van der Waals surface area contributed by atoms with Crippen molar-refractivity contribution in [2.24, 2.45) is 0 Å². The smallest absolute Gasteiger partial charge is 0.191 e. The standard InChI is InChI=1S/C5HClF8/c6-2(4(9,10)11)1-3(7,8)5(12,13)14/h1H/b2-1-. The first-order chi connectivity index (χ1) is 5.88. The molecule has 0 atom stereocenters. The fourth-order valence-electron chi connectivity index (χ4n) is 0.323. The summed E-state index contributed by atoms with van der Waals surface area (Å²) in [5.41, 5.74) is 0. The summed E-state index contributed by atoms with van der Waals surface area (Å²) in [7, 11) is 0. The van der Waals surface area contributed by atoms with E-state index in [9.17, 15) is 35.1 Å². The zero-order chi connectivity index (χ0) is 11.8. The minimum absolute atomic E-state index is 1.38. The third-order valence-corrected chi connectivity index (χ3v) is 1.28. The maximum absolute atomic E-state index is 11.9. The van der Waals surface area contributed by atoms with Crippen LogP contribution in [-0.2, 0) is 0 Å². The van der Waals surface area contributed by atoms with Crippen molar-refractivity contribution in [3.63, 3.8) is 0 Å². The van der Waals surface area contributed by atoms with Crippen LogP contribution in [0.3, 0.4) is 0 Å². The van der Waals surface area contributed by atoms with E-state index in [-0.39, 0.29) is 0 Å². The van der Waals surface area contributed by atoms with Crippen molar-refractivity contribution in [1.82, 2.24) is 0 Å². The second kappa shape index (κ2) is 3.56. The van der Waals surface area contributed by atoms with E-state index in [0.29, 0.717) is 0 Å². The van der Waals surface area contributed by atoms with E-state index >= 15 is 0 Å². The van der Waals surface area contributed by atoms with Crippen LogP contribution in [0.25, 0.3) is 0 Å². The minimum atomic E-state index is -6.10. The molecule has 0 saturated heterocycles. The number of allylic oxidation sites excluding steroid dienone is 2. The summed E-state index contributed by atoms with van der Waals surface area (Å²) in [5.74, 6) is -5.60. The highest BCUT2D eigenvalue weighted by Crippen LogP contribution is 2.40. The monoisotopic (exact) mass is 248 g/mol. The van der Waals surface area contributed by atoms with Crippen LogP contribution in [0.1, 0.15) is 0 Å². The van der Waals surface area contributed by atoms with Crippen LogP contribution in [0.5, 0.6) is 0 Å². The quantitative estimate of drug-likeness (QED) is 0.618. The van der Waals surface area contributed by atoms with Gasteiger partial charge in [0.2, 0.25) is 0 Å². The molecule has 0 fully saturated rings. The van der Waals surface area contributed by atoms with E-state index in [2.05, 4.69) is 11.6 Å². The Hall–Kier alpha value is -0.530. The molecule has 0 aromatic carbocycles. The van der Waals surface area contributed by atoms with Crippen LogP contribution in [0.4, 0.5) is 35.1 Å². The summed E-state index contributed by atoms with van der Waals surface area (Å²) in [6, 6.07) is 0. The van der Waals surface area contributed by atoms with Gasteiger partial charge in [0.05, 0.1) is 0 Å². The Morgan fingerprint density at radius 3 is 1.43 bits per heavy atom. The van der Waals surface area contributed by atoms with E-state index in [0.717, 1.165) is 0 Å². The molecule has 84 valence electrons. The van der Waals surface area contributed by atoms with Gasteiger partial charge in [-0.2, -0.15) is 35.1 Å². The molecule has 0 unspecified atom stereocenters. The summed E-state index contributed by atoms with van der Waals surface area (Å²) < 4.78 is 92.3. The normalized spacial score (nSPS) is 15.9. The molecular formula is C5HClF8. The van der Waals surface area contributed by atoms with Crippen LogP contribution in [0, 0.1) is 0 Å². The molecule has 0 aromatic rings. The van der Waals surface area contributed by atoms with Crippen molar-refractivity contribution < 1.29 is 35.1 Å². The molecule has 0 saturated carbocycles. The van der Waals surface area contributed by atoms with E-state index < -0.39 is 29.4 Å². The van der Waals surface area contributed by atoms with Gasteiger partial charge in [-0.25, -0.2) is 0 Å². The van der Waals surface area contributed by atoms with Crippen molar-refractivity contribution >= 4 is 11.6 Å². The van der Waals surface area contributed by atoms with Gasteiger partial charge in [0.1, 0.15) is 5.03 Å². The number of hydrogen-bond donors (Lipinski definition) is 0. The van der Waals surface area contributed by atoms with Crippen molar-refractivity contribution in [3.8, 4) is 0 Å². The summed E-state index contributed by atoms with van der Waals surface area (Å²) in [6.45, 7) is 0. The molecule has 0 spiro atoms. The molecular weight excluding hydrogens is 247 g/mol. The molecule has 0 aliphatic carbocycles. The molecule has 0 bridgehead atoms. The van der Waals surface area contributed by atoms with Crippen molar-refractivity contribution in [1.29, 1.82) is 0 Å².